The van der Waals surface area contributed by atoms with Crippen molar-refractivity contribution in [1.29, 1.82) is 0 Å². The molecule has 18 heavy (non-hydrogen) atoms. The third-order valence-corrected chi connectivity index (χ3v) is 3.70. The molecule has 0 radical (unpaired) electrons. The Hall–Kier alpha value is -2.07. The number of hydrogen-bond acceptors (Lipinski definition) is 3. The molecule has 0 aliphatic rings. The molecular formula is C14H12N2OS. The molecule has 3 aromatic rings. The standard InChI is InChI=1S/C14H12N2OS/c15-13-7-11-3-1-2-4-12(11)14(17)16(13)8-10-5-6-18-9-10/h1-7,9H,8,15H2. The second-order valence-electron chi connectivity index (χ2n) is 4.18. The van der Waals surface area contributed by atoms with E-state index in [0.29, 0.717) is 17.7 Å². The van der Waals surface area contributed by atoms with Crippen molar-refractivity contribution >= 4 is 27.9 Å². The van der Waals surface area contributed by atoms with Crippen LogP contribution in [0.5, 0.6) is 0 Å². The van der Waals surface area contributed by atoms with Gasteiger partial charge in [0.15, 0.2) is 0 Å². The molecule has 0 unspecified atom stereocenters. The van der Waals surface area contributed by atoms with E-state index in [1.165, 1.54) is 0 Å². The Labute approximate surface area is 108 Å². The zero-order valence-corrected chi connectivity index (χ0v) is 10.5. The minimum atomic E-state index is -0.0307. The van der Waals surface area contributed by atoms with Crippen LogP contribution >= 0.6 is 11.3 Å². The summed E-state index contributed by atoms with van der Waals surface area (Å²) in [6.07, 6.45) is 0. The molecule has 0 bridgehead atoms. The number of nitrogen functional groups attached to an aromatic ring is 1. The molecular weight excluding hydrogens is 244 g/mol. The van der Waals surface area contributed by atoms with E-state index in [2.05, 4.69) is 0 Å². The quantitative estimate of drug-likeness (QED) is 0.766. The van der Waals surface area contributed by atoms with Crippen molar-refractivity contribution in [3.8, 4) is 0 Å². The van der Waals surface area contributed by atoms with Gasteiger partial charge in [-0.1, -0.05) is 18.2 Å². The first-order valence-corrected chi connectivity index (χ1v) is 6.59. The first-order chi connectivity index (χ1) is 8.75. The number of anilines is 1. The van der Waals surface area contributed by atoms with Crippen LogP contribution in [-0.4, -0.2) is 4.57 Å². The van der Waals surface area contributed by atoms with Crippen molar-refractivity contribution < 1.29 is 0 Å². The summed E-state index contributed by atoms with van der Waals surface area (Å²) in [7, 11) is 0. The summed E-state index contributed by atoms with van der Waals surface area (Å²) in [6, 6.07) is 11.4. The van der Waals surface area contributed by atoms with Crippen molar-refractivity contribution in [2.75, 3.05) is 5.73 Å². The topological polar surface area (TPSA) is 48.0 Å². The Balaban J connectivity index is 2.20. The molecule has 0 saturated heterocycles. The summed E-state index contributed by atoms with van der Waals surface area (Å²) in [5, 5.41) is 5.63. The average Bonchev–Trinajstić information content (AvgIpc) is 2.87. The van der Waals surface area contributed by atoms with Crippen LogP contribution in [0.2, 0.25) is 0 Å². The number of hydrogen-bond donors (Lipinski definition) is 1. The van der Waals surface area contributed by atoms with Crippen LogP contribution in [0.15, 0.2) is 52.0 Å². The Morgan fingerprint density at radius 3 is 2.83 bits per heavy atom. The van der Waals surface area contributed by atoms with Gasteiger partial charge in [-0.2, -0.15) is 11.3 Å². The smallest absolute Gasteiger partial charge is 0.260 e. The van der Waals surface area contributed by atoms with Gasteiger partial charge in [0.25, 0.3) is 5.56 Å². The normalized spacial score (nSPS) is 10.9. The van der Waals surface area contributed by atoms with E-state index < -0.39 is 0 Å². The number of rotatable bonds is 2. The number of fused-ring (bicyclic) bond motifs is 1. The van der Waals surface area contributed by atoms with E-state index in [9.17, 15) is 4.79 Å². The van der Waals surface area contributed by atoms with Crippen LogP contribution in [0.1, 0.15) is 5.56 Å². The summed E-state index contributed by atoms with van der Waals surface area (Å²) < 4.78 is 1.62. The molecule has 3 rings (SSSR count). The minimum absolute atomic E-state index is 0.0307. The van der Waals surface area contributed by atoms with Crippen molar-refractivity contribution in [3.63, 3.8) is 0 Å². The predicted octanol–water partition coefficient (Wildman–Crippen LogP) is 2.69. The lowest BCUT2D eigenvalue weighted by atomic mass is 10.1. The van der Waals surface area contributed by atoms with Crippen LogP contribution in [0.3, 0.4) is 0 Å². The van der Waals surface area contributed by atoms with Gasteiger partial charge in [-0.25, -0.2) is 0 Å². The fraction of sp³-hybridized carbons (Fsp3) is 0.0714. The van der Waals surface area contributed by atoms with Gasteiger partial charge < -0.3 is 5.73 Å². The monoisotopic (exact) mass is 256 g/mol. The van der Waals surface area contributed by atoms with E-state index >= 15 is 0 Å². The van der Waals surface area contributed by atoms with Crippen molar-refractivity contribution in [2.24, 2.45) is 0 Å². The van der Waals surface area contributed by atoms with Gasteiger partial charge in [0.2, 0.25) is 0 Å². The number of thiophene rings is 1. The number of aromatic nitrogens is 1. The van der Waals surface area contributed by atoms with E-state index in [1.807, 2.05) is 47.2 Å². The van der Waals surface area contributed by atoms with E-state index in [0.717, 1.165) is 10.9 Å². The Kier molecular flexibility index (Phi) is 2.64. The van der Waals surface area contributed by atoms with Gasteiger partial charge in [-0.15, -0.1) is 0 Å². The molecule has 2 aromatic heterocycles. The molecule has 2 heterocycles. The Morgan fingerprint density at radius 2 is 2.06 bits per heavy atom. The molecule has 0 spiro atoms. The van der Waals surface area contributed by atoms with Crippen LogP contribution < -0.4 is 11.3 Å². The molecule has 0 aliphatic heterocycles. The largest absolute Gasteiger partial charge is 0.385 e. The highest BCUT2D eigenvalue weighted by Gasteiger charge is 2.07. The number of benzene rings is 1. The lowest BCUT2D eigenvalue weighted by Gasteiger charge is -2.10. The van der Waals surface area contributed by atoms with Gasteiger partial charge in [-0.05, 0) is 39.9 Å². The van der Waals surface area contributed by atoms with Crippen molar-refractivity contribution in [3.05, 3.63) is 63.1 Å². The maximum atomic E-state index is 12.4. The highest BCUT2D eigenvalue weighted by atomic mass is 32.1. The molecule has 0 amide bonds. The van der Waals surface area contributed by atoms with Gasteiger partial charge in [0.1, 0.15) is 5.82 Å². The third-order valence-electron chi connectivity index (χ3n) is 2.97. The number of pyridine rings is 1. The number of nitrogens with zero attached hydrogens (tertiary/aromatic N) is 1. The maximum absolute atomic E-state index is 12.4. The van der Waals surface area contributed by atoms with Gasteiger partial charge in [0, 0.05) is 5.39 Å². The fourth-order valence-corrected chi connectivity index (χ4v) is 2.71. The summed E-state index contributed by atoms with van der Waals surface area (Å²) >= 11 is 1.62. The summed E-state index contributed by atoms with van der Waals surface area (Å²) in [4.78, 5) is 12.4. The fourth-order valence-electron chi connectivity index (χ4n) is 2.05. The van der Waals surface area contributed by atoms with Crippen molar-refractivity contribution in [2.45, 2.75) is 6.54 Å². The van der Waals surface area contributed by atoms with E-state index in [1.54, 1.807) is 15.9 Å². The summed E-state index contributed by atoms with van der Waals surface area (Å²) in [5.74, 6) is 0.505. The van der Waals surface area contributed by atoms with Crippen LogP contribution in [-0.2, 0) is 6.54 Å². The molecule has 2 N–H and O–H groups in total. The van der Waals surface area contributed by atoms with E-state index in [4.69, 9.17) is 5.73 Å². The molecule has 4 heteroatoms. The average molecular weight is 256 g/mol. The third kappa shape index (κ3) is 1.80. The first-order valence-electron chi connectivity index (χ1n) is 5.65. The highest BCUT2D eigenvalue weighted by Crippen LogP contribution is 2.15. The van der Waals surface area contributed by atoms with E-state index in [-0.39, 0.29) is 5.56 Å². The summed E-state index contributed by atoms with van der Waals surface area (Å²) in [5.41, 5.74) is 7.04. The van der Waals surface area contributed by atoms with Crippen LogP contribution in [0.25, 0.3) is 10.8 Å². The number of nitrogens with two attached hydrogens (primary N) is 1. The highest BCUT2D eigenvalue weighted by molar-refractivity contribution is 7.07. The summed E-state index contributed by atoms with van der Waals surface area (Å²) in [6.45, 7) is 0.527. The molecule has 0 fully saturated rings. The van der Waals surface area contributed by atoms with Crippen LogP contribution in [0, 0.1) is 0 Å². The second kappa shape index (κ2) is 4.31. The molecule has 0 atom stereocenters. The molecule has 1 aromatic carbocycles. The molecule has 3 nitrogen and oxygen atoms in total. The Morgan fingerprint density at radius 1 is 1.22 bits per heavy atom. The van der Waals surface area contributed by atoms with Crippen LogP contribution in [0.4, 0.5) is 5.82 Å². The SMILES string of the molecule is Nc1cc2ccccc2c(=O)n1Cc1ccsc1. The first kappa shape index (κ1) is 11.0. The Bertz CT molecular complexity index is 744. The second-order valence-corrected chi connectivity index (χ2v) is 4.96. The minimum Gasteiger partial charge on any atom is -0.385 e. The van der Waals surface area contributed by atoms with Crippen molar-refractivity contribution in [1.82, 2.24) is 4.57 Å². The van der Waals surface area contributed by atoms with Gasteiger partial charge in [-0.3, -0.25) is 9.36 Å². The lowest BCUT2D eigenvalue weighted by Crippen LogP contribution is -2.23. The maximum Gasteiger partial charge on any atom is 0.260 e. The lowest BCUT2D eigenvalue weighted by molar-refractivity contribution is 0.783. The molecule has 90 valence electrons. The van der Waals surface area contributed by atoms with Gasteiger partial charge in [0.05, 0.1) is 6.54 Å². The predicted molar refractivity (Wildman–Crippen MR) is 76.0 cm³/mol. The zero-order chi connectivity index (χ0) is 12.5. The van der Waals surface area contributed by atoms with Gasteiger partial charge >= 0.3 is 0 Å². The zero-order valence-electron chi connectivity index (χ0n) is 9.67. The molecule has 0 aliphatic carbocycles. The molecule has 0 saturated carbocycles.